The van der Waals surface area contributed by atoms with Gasteiger partial charge in [-0.2, -0.15) is 13.2 Å². The van der Waals surface area contributed by atoms with Gasteiger partial charge in [-0.05, 0) is 24.1 Å². The Morgan fingerprint density at radius 3 is 2.40 bits per heavy atom. The van der Waals surface area contributed by atoms with Crippen molar-refractivity contribution in [2.45, 2.75) is 19.5 Å². The number of carbonyl (C=O) groups is 1. The van der Waals surface area contributed by atoms with Crippen molar-refractivity contribution >= 4 is 5.78 Å². The van der Waals surface area contributed by atoms with Crippen molar-refractivity contribution in [2.75, 3.05) is 0 Å². The van der Waals surface area contributed by atoms with E-state index in [4.69, 9.17) is 0 Å². The quantitative estimate of drug-likeness (QED) is 0.700. The molecule has 0 radical (unpaired) electrons. The summed E-state index contributed by atoms with van der Waals surface area (Å²) in [6.07, 6.45) is -5.85. The van der Waals surface area contributed by atoms with Crippen molar-refractivity contribution in [2.24, 2.45) is 0 Å². The Kier molecular flexibility index (Phi) is 3.12. The second-order valence-corrected chi connectivity index (χ2v) is 3.13. The van der Waals surface area contributed by atoms with Gasteiger partial charge in [-0.25, -0.2) is 4.39 Å². The van der Waals surface area contributed by atoms with Crippen molar-refractivity contribution in [3.05, 3.63) is 35.1 Å². The van der Waals surface area contributed by atoms with Gasteiger partial charge in [0, 0.05) is 6.42 Å². The van der Waals surface area contributed by atoms with E-state index in [1.807, 2.05) is 0 Å². The molecule has 5 heteroatoms. The van der Waals surface area contributed by atoms with Gasteiger partial charge in [0.2, 0.25) is 5.78 Å². The molecular formula is C10H8F4O. The molecule has 0 amide bonds. The molecule has 1 aromatic carbocycles. The van der Waals surface area contributed by atoms with Gasteiger partial charge in [0.15, 0.2) is 0 Å². The standard InChI is InChI=1S/C10H8F4O/c1-6-3-2-4-8(11)7(6)5-9(15)10(12,13)14/h2-4H,5H2,1H3. The smallest absolute Gasteiger partial charge is 0.289 e. The topological polar surface area (TPSA) is 17.1 Å². The highest BCUT2D eigenvalue weighted by Gasteiger charge is 2.38. The van der Waals surface area contributed by atoms with Crippen molar-refractivity contribution in [3.63, 3.8) is 0 Å². The highest BCUT2D eigenvalue weighted by molar-refractivity contribution is 5.86. The van der Waals surface area contributed by atoms with Gasteiger partial charge in [0.25, 0.3) is 0 Å². The van der Waals surface area contributed by atoms with E-state index in [0.29, 0.717) is 5.56 Å². The van der Waals surface area contributed by atoms with Crippen LogP contribution in [-0.2, 0) is 11.2 Å². The molecule has 0 aliphatic heterocycles. The summed E-state index contributed by atoms with van der Waals surface area (Å²) in [5.74, 6) is -2.72. The highest BCUT2D eigenvalue weighted by Crippen LogP contribution is 2.21. The van der Waals surface area contributed by atoms with Crippen LogP contribution in [0.15, 0.2) is 18.2 Å². The molecule has 1 rings (SSSR count). The van der Waals surface area contributed by atoms with E-state index in [1.54, 1.807) is 0 Å². The molecule has 0 unspecified atom stereocenters. The minimum Gasteiger partial charge on any atom is -0.289 e. The second kappa shape index (κ2) is 4.00. The van der Waals surface area contributed by atoms with Crippen LogP contribution >= 0.6 is 0 Å². The predicted octanol–water partition coefficient (Wildman–Crippen LogP) is 2.81. The molecule has 82 valence electrons. The first-order chi connectivity index (χ1) is 6.82. The first kappa shape index (κ1) is 11.7. The summed E-state index contributed by atoms with van der Waals surface area (Å²) in [4.78, 5) is 10.6. The Balaban J connectivity index is 2.95. The summed E-state index contributed by atoms with van der Waals surface area (Å²) < 4.78 is 48.9. The van der Waals surface area contributed by atoms with Crippen LogP contribution in [0.5, 0.6) is 0 Å². The molecule has 0 spiro atoms. The lowest BCUT2D eigenvalue weighted by atomic mass is 10.0. The SMILES string of the molecule is Cc1cccc(F)c1CC(=O)C(F)(F)F. The molecular weight excluding hydrogens is 212 g/mol. The number of rotatable bonds is 2. The molecule has 1 aromatic rings. The van der Waals surface area contributed by atoms with E-state index in [1.165, 1.54) is 19.1 Å². The summed E-state index contributed by atoms with van der Waals surface area (Å²) >= 11 is 0. The van der Waals surface area contributed by atoms with Crippen LogP contribution in [-0.4, -0.2) is 12.0 Å². The fourth-order valence-corrected chi connectivity index (χ4v) is 1.15. The van der Waals surface area contributed by atoms with Crippen molar-refractivity contribution < 1.29 is 22.4 Å². The van der Waals surface area contributed by atoms with Crippen LogP contribution in [0.4, 0.5) is 17.6 Å². The zero-order chi connectivity index (χ0) is 11.6. The Bertz CT molecular complexity index is 361. The number of aryl methyl sites for hydroxylation is 1. The lowest BCUT2D eigenvalue weighted by molar-refractivity contribution is -0.170. The maximum absolute atomic E-state index is 13.1. The highest BCUT2D eigenvalue weighted by atomic mass is 19.4. The summed E-state index contributed by atoms with van der Waals surface area (Å²) in [5.41, 5.74) is 0.146. The van der Waals surface area contributed by atoms with E-state index in [-0.39, 0.29) is 5.56 Å². The summed E-state index contributed by atoms with van der Waals surface area (Å²) in [7, 11) is 0. The fraction of sp³-hybridized carbons (Fsp3) is 0.300. The van der Waals surface area contributed by atoms with Crippen molar-refractivity contribution in [1.29, 1.82) is 0 Å². The summed E-state index contributed by atoms with van der Waals surface area (Å²) in [6, 6.07) is 3.88. The molecule has 0 aliphatic rings. The predicted molar refractivity (Wildman–Crippen MR) is 45.9 cm³/mol. The first-order valence-electron chi connectivity index (χ1n) is 4.16. The summed E-state index contributed by atoms with van der Waals surface area (Å²) in [6.45, 7) is 1.46. The van der Waals surface area contributed by atoms with Crippen LogP contribution < -0.4 is 0 Å². The van der Waals surface area contributed by atoms with Gasteiger partial charge in [-0.15, -0.1) is 0 Å². The zero-order valence-corrected chi connectivity index (χ0v) is 7.86. The maximum atomic E-state index is 13.1. The zero-order valence-electron chi connectivity index (χ0n) is 7.86. The van der Waals surface area contributed by atoms with Crippen LogP contribution in [0.3, 0.4) is 0 Å². The van der Waals surface area contributed by atoms with Crippen LogP contribution in [0.25, 0.3) is 0 Å². The van der Waals surface area contributed by atoms with Gasteiger partial charge in [0.05, 0.1) is 0 Å². The van der Waals surface area contributed by atoms with Crippen LogP contribution in [0, 0.1) is 12.7 Å². The monoisotopic (exact) mass is 220 g/mol. The largest absolute Gasteiger partial charge is 0.450 e. The normalized spacial score (nSPS) is 11.5. The molecule has 1 nitrogen and oxygen atoms in total. The number of ketones is 1. The van der Waals surface area contributed by atoms with E-state index in [2.05, 4.69) is 0 Å². The third-order valence-corrected chi connectivity index (χ3v) is 2.01. The Morgan fingerprint density at radius 1 is 1.33 bits per heavy atom. The number of Topliss-reactive ketones (excluding diaryl/α,β-unsaturated/α-hetero) is 1. The second-order valence-electron chi connectivity index (χ2n) is 3.13. The molecule has 0 aliphatic carbocycles. The third kappa shape index (κ3) is 2.78. The Morgan fingerprint density at radius 2 is 1.93 bits per heavy atom. The van der Waals surface area contributed by atoms with Gasteiger partial charge in [-0.3, -0.25) is 4.79 Å². The van der Waals surface area contributed by atoms with E-state index < -0.39 is 24.2 Å². The van der Waals surface area contributed by atoms with E-state index in [0.717, 1.165) is 6.07 Å². The number of alkyl halides is 3. The van der Waals surface area contributed by atoms with Gasteiger partial charge in [-0.1, -0.05) is 12.1 Å². The van der Waals surface area contributed by atoms with Gasteiger partial charge < -0.3 is 0 Å². The number of carbonyl (C=O) groups excluding carboxylic acids is 1. The number of hydrogen-bond donors (Lipinski definition) is 0. The van der Waals surface area contributed by atoms with E-state index >= 15 is 0 Å². The molecule has 0 N–H and O–H groups in total. The average molecular weight is 220 g/mol. The molecule has 0 saturated carbocycles. The molecule has 0 heterocycles. The molecule has 0 bridgehead atoms. The fourth-order valence-electron chi connectivity index (χ4n) is 1.15. The van der Waals surface area contributed by atoms with E-state index in [9.17, 15) is 22.4 Å². The summed E-state index contributed by atoms with van der Waals surface area (Å²) in [5, 5.41) is 0. The Hall–Kier alpha value is -1.39. The molecule has 0 saturated heterocycles. The number of benzene rings is 1. The molecule has 0 fully saturated rings. The van der Waals surface area contributed by atoms with Crippen molar-refractivity contribution in [1.82, 2.24) is 0 Å². The molecule has 0 aromatic heterocycles. The molecule has 15 heavy (non-hydrogen) atoms. The Labute approximate surface area is 83.7 Å². The third-order valence-electron chi connectivity index (χ3n) is 2.01. The lowest BCUT2D eigenvalue weighted by Crippen LogP contribution is -2.25. The first-order valence-corrected chi connectivity index (χ1v) is 4.16. The maximum Gasteiger partial charge on any atom is 0.450 e. The average Bonchev–Trinajstić information content (AvgIpc) is 2.09. The number of halogens is 4. The van der Waals surface area contributed by atoms with Gasteiger partial charge in [0.1, 0.15) is 5.82 Å². The van der Waals surface area contributed by atoms with Crippen LogP contribution in [0.1, 0.15) is 11.1 Å². The number of hydrogen-bond acceptors (Lipinski definition) is 1. The van der Waals surface area contributed by atoms with Crippen LogP contribution in [0.2, 0.25) is 0 Å². The molecule has 0 atom stereocenters. The van der Waals surface area contributed by atoms with Crippen molar-refractivity contribution in [3.8, 4) is 0 Å². The van der Waals surface area contributed by atoms with Gasteiger partial charge >= 0.3 is 6.18 Å². The lowest BCUT2D eigenvalue weighted by Gasteiger charge is -2.08. The minimum absolute atomic E-state index is 0.195. The minimum atomic E-state index is -4.91.